The number of benzene rings is 1. The van der Waals surface area contributed by atoms with Crippen LogP contribution in [-0.2, 0) is 4.74 Å². The molecule has 0 aliphatic carbocycles. The van der Waals surface area contributed by atoms with Gasteiger partial charge >= 0.3 is 5.97 Å². The second-order valence-electron chi connectivity index (χ2n) is 4.63. The minimum atomic E-state index is -0.489. The number of carbonyl (C=O) groups is 2. The number of amides is 1. The van der Waals surface area contributed by atoms with E-state index < -0.39 is 5.97 Å². The van der Waals surface area contributed by atoms with Crippen LogP contribution in [0.5, 0.6) is 11.5 Å². The molecule has 0 unspecified atom stereocenters. The van der Waals surface area contributed by atoms with Gasteiger partial charge in [-0.25, -0.2) is 4.79 Å². The lowest BCUT2D eigenvalue weighted by molar-refractivity contribution is 0.0607. The first-order valence-electron chi connectivity index (χ1n) is 7.47. The van der Waals surface area contributed by atoms with Crippen molar-refractivity contribution in [1.82, 2.24) is 0 Å². The van der Waals surface area contributed by atoms with Crippen LogP contribution in [0, 0.1) is 0 Å². The number of methoxy groups -OCH3 is 1. The third-order valence-corrected chi connectivity index (χ3v) is 3.99. The predicted molar refractivity (Wildman–Crippen MR) is 92.4 cm³/mol. The summed E-state index contributed by atoms with van der Waals surface area (Å²) in [5.74, 6) is 0.196. The van der Waals surface area contributed by atoms with Crippen molar-refractivity contribution in [3.63, 3.8) is 0 Å². The van der Waals surface area contributed by atoms with E-state index in [-0.39, 0.29) is 5.91 Å². The van der Waals surface area contributed by atoms with Gasteiger partial charge in [0.2, 0.25) is 0 Å². The molecule has 0 saturated heterocycles. The van der Waals surface area contributed by atoms with Crippen molar-refractivity contribution in [2.75, 3.05) is 25.6 Å². The van der Waals surface area contributed by atoms with Gasteiger partial charge in [-0.1, -0.05) is 0 Å². The van der Waals surface area contributed by atoms with Gasteiger partial charge in [0, 0.05) is 6.07 Å². The maximum absolute atomic E-state index is 12.6. The van der Waals surface area contributed by atoms with Crippen LogP contribution in [0.25, 0.3) is 0 Å². The van der Waals surface area contributed by atoms with E-state index in [1.807, 2.05) is 13.8 Å². The minimum absolute atomic E-state index is 0.342. The molecule has 2 aromatic rings. The zero-order valence-corrected chi connectivity index (χ0v) is 14.6. The van der Waals surface area contributed by atoms with E-state index in [0.717, 1.165) is 0 Å². The number of hydrogen-bond donors (Lipinski definition) is 1. The van der Waals surface area contributed by atoms with Gasteiger partial charge in [-0.05, 0) is 37.4 Å². The molecule has 1 heterocycles. The van der Waals surface area contributed by atoms with E-state index in [4.69, 9.17) is 14.2 Å². The van der Waals surface area contributed by atoms with Crippen LogP contribution in [-0.4, -0.2) is 32.2 Å². The maximum Gasteiger partial charge on any atom is 0.350 e. The Morgan fingerprint density at radius 3 is 2.54 bits per heavy atom. The zero-order valence-electron chi connectivity index (χ0n) is 13.8. The van der Waals surface area contributed by atoms with Crippen molar-refractivity contribution in [3.8, 4) is 11.5 Å². The minimum Gasteiger partial charge on any atom is -0.494 e. The zero-order chi connectivity index (χ0) is 17.5. The number of anilines is 1. The number of thiophene rings is 1. The monoisotopic (exact) mass is 349 g/mol. The molecule has 1 aromatic heterocycles. The molecule has 24 heavy (non-hydrogen) atoms. The molecule has 128 valence electrons. The molecule has 1 N–H and O–H groups in total. The molecular weight excluding hydrogens is 330 g/mol. The molecule has 0 atom stereocenters. The predicted octanol–water partition coefficient (Wildman–Crippen LogP) is 3.58. The molecule has 0 aliphatic rings. The van der Waals surface area contributed by atoms with E-state index >= 15 is 0 Å². The summed E-state index contributed by atoms with van der Waals surface area (Å²) >= 11 is 1.20. The Morgan fingerprint density at radius 2 is 1.88 bits per heavy atom. The highest BCUT2D eigenvalue weighted by Crippen LogP contribution is 2.28. The Morgan fingerprint density at radius 1 is 1.12 bits per heavy atom. The third-order valence-electron chi connectivity index (χ3n) is 3.09. The van der Waals surface area contributed by atoms with Crippen LogP contribution in [0.1, 0.15) is 33.9 Å². The molecule has 7 heteroatoms. The SMILES string of the molecule is CCOc1ccc(C(=O)Nc2ccsc2C(=O)OC)c(OCC)c1. The van der Waals surface area contributed by atoms with Crippen molar-refractivity contribution < 1.29 is 23.8 Å². The van der Waals surface area contributed by atoms with Gasteiger partial charge in [-0.15, -0.1) is 11.3 Å². The summed E-state index contributed by atoms with van der Waals surface area (Å²) in [6.45, 7) is 4.66. The molecule has 1 aromatic carbocycles. The third kappa shape index (κ3) is 4.05. The Kier molecular flexibility index (Phi) is 6.20. The number of ether oxygens (including phenoxy) is 3. The molecule has 0 spiro atoms. The van der Waals surface area contributed by atoms with Gasteiger partial charge in [-0.2, -0.15) is 0 Å². The van der Waals surface area contributed by atoms with Crippen LogP contribution in [0.15, 0.2) is 29.6 Å². The molecule has 0 fully saturated rings. The fourth-order valence-electron chi connectivity index (χ4n) is 2.07. The summed E-state index contributed by atoms with van der Waals surface area (Å²) in [6, 6.07) is 6.67. The first-order valence-corrected chi connectivity index (χ1v) is 8.35. The lowest BCUT2D eigenvalue weighted by atomic mass is 10.1. The van der Waals surface area contributed by atoms with Crippen LogP contribution in [0.3, 0.4) is 0 Å². The molecule has 1 amide bonds. The summed E-state index contributed by atoms with van der Waals surface area (Å²) < 4.78 is 15.7. The molecule has 0 aliphatic heterocycles. The highest BCUT2D eigenvalue weighted by molar-refractivity contribution is 7.12. The Balaban J connectivity index is 2.26. The van der Waals surface area contributed by atoms with E-state index in [1.165, 1.54) is 18.4 Å². The molecule has 6 nitrogen and oxygen atoms in total. The smallest absolute Gasteiger partial charge is 0.350 e. The number of nitrogens with one attached hydrogen (secondary N) is 1. The number of rotatable bonds is 7. The van der Waals surface area contributed by atoms with Crippen LogP contribution >= 0.6 is 11.3 Å². The van der Waals surface area contributed by atoms with Gasteiger partial charge < -0.3 is 19.5 Å². The normalized spacial score (nSPS) is 10.1. The quantitative estimate of drug-likeness (QED) is 0.773. The van der Waals surface area contributed by atoms with E-state index in [9.17, 15) is 9.59 Å². The van der Waals surface area contributed by atoms with Gasteiger partial charge in [0.25, 0.3) is 5.91 Å². The average Bonchev–Trinajstić information content (AvgIpc) is 3.03. The summed E-state index contributed by atoms with van der Waals surface area (Å²) in [5.41, 5.74) is 0.774. The number of hydrogen-bond acceptors (Lipinski definition) is 6. The number of carbonyl (C=O) groups excluding carboxylic acids is 2. The second kappa shape index (κ2) is 8.35. The van der Waals surface area contributed by atoms with Crippen LogP contribution in [0.4, 0.5) is 5.69 Å². The summed E-state index contributed by atoms with van der Waals surface area (Å²) in [6.07, 6.45) is 0. The summed E-state index contributed by atoms with van der Waals surface area (Å²) in [5, 5.41) is 4.43. The van der Waals surface area contributed by atoms with Crippen LogP contribution in [0.2, 0.25) is 0 Å². The van der Waals surface area contributed by atoms with Crippen molar-refractivity contribution in [1.29, 1.82) is 0 Å². The van der Waals surface area contributed by atoms with Crippen molar-refractivity contribution in [2.45, 2.75) is 13.8 Å². The van der Waals surface area contributed by atoms with Crippen molar-refractivity contribution in [3.05, 3.63) is 40.1 Å². The van der Waals surface area contributed by atoms with Gasteiger partial charge in [0.05, 0.1) is 31.6 Å². The molecule has 2 rings (SSSR count). The maximum atomic E-state index is 12.6. The fraction of sp³-hybridized carbons (Fsp3) is 0.294. The molecule has 0 bridgehead atoms. The van der Waals surface area contributed by atoms with Crippen molar-refractivity contribution >= 4 is 28.9 Å². The molecule has 0 saturated carbocycles. The topological polar surface area (TPSA) is 73.9 Å². The number of esters is 1. The van der Waals surface area contributed by atoms with Gasteiger partial charge in [-0.3, -0.25) is 4.79 Å². The fourth-order valence-corrected chi connectivity index (χ4v) is 2.84. The van der Waals surface area contributed by atoms with E-state index in [0.29, 0.717) is 40.8 Å². The largest absolute Gasteiger partial charge is 0.494 e. The first-order chi connectivity index (χ1) is 11.6. The van der Waals surface area contributed by atoms with E-state index in [1.54, 1.807) is 29.6 Å². The second-order valence-corrected chi connectivity index (χ2v) is 5.55. The van der Waals surface area contributed by atoms with Gasteiger partial charge in [0.1, 0.15) is 16.4 Å². The van der Waals surface area contributed by atoms with E-state index in [2.05, 4.69) is 5.32 Å². The lowest BCUT2D eigenvalue weighted by Gasteiger charge is -2.12. The van der Waals surface area contributed by atoms with Crippen molar-refractivity contribution in [2.24, 2.45) is 0 Å². The standard InChI is InChI=1S/C17H19NO5S/c1-4-22-11-6-7-12(14(10-11)23-5-2)16(19)18-13-8-9-24-15(13)17(20)21-3/h6-10H,4-5H2,1-3H3,(H,18,19). The Bertz CT molecular complexity index is 726. The molecule has 0 radical (unpaired) electrons. The highest BCUT2D eigenvalue weighted by atomic mass is 32.1. The average molecular weight is 349 g/mol. The molecular formula is C17H19NO5S. The Labute approximate surface area is 144 Å². The van der Waals surface area contributed by atoms with Gasteiger partial charge in [0.15, 0.2) is 0 Å². The summed E-state index contributed by atoms with van der Waals surface area (Å²) in [4.78, 5) is 24.6. The van der Waals surface area contributed by atoms with Crippen LogP contribution < -0.4 is 14.8 Å². The highest BCUT2D eigenvalue weighted by Gasteiger charge is 2.19. The summed E-state index contributed by atoms with van der Waals surface area (Å²) in [7, 11) is 1.30. The lowest BCUT2D eigenvalue weighted by Crippen LogP contribution is -2.15. The first kappa shape index (κ1) is 17.8. The Hall–Kier alpha value is -2.54.